The van der Waals surface area contributed by atoms with E-state index in [0.29, 0.717) is 6.42 Å². The number of amides is 1. The Morgan fingerprint density at radius 2 is 1.20 bits per heavy atom. The van der Waals surface area contributed by atoms with Crippen LogP contribution in [-0.4, -0.2) is 47.8 Å². The fourth-order valence-electron chi connectivity index (χ4n) is 4.65. The molecule has 280 valence electrons. The molecule has 0 radical (unpaired) electrons. The van der Waals surface area contributed by atoms with Gasteiger partial charge in [-0.3, -0.25) is 13.8 Å². The van der Waals surface area contributed by atoms with Crippen molar-refractivity contribution in [2.24, 2.45) is 5.73 Å². The number of carbonyl (C=O) groups excluding carboxylic acids is 1. The average molecular weight is 705 g/mol. The van der Waals surface area contributed by atoms with Gasteiger partial charge in [0.15, 0.2) is 0 Å². The first kappa shape index (κ1) is 46.7. The van der Waals surface area contributed by atoms with Gasteiger partial charge in [-0.15, -0.1) is 0 Å². The van der Waals surface area contributed by atoms with Gasteiger partial charge < -0.3 is 21.1 Å². The van der Waals surface area contributed by atoms with Crippen molar-refractivity contribution in [3.05, 3.63) is 85.1 Å². The number of rotatable bonds is 33. The van der Waals surface area contributed by atoms with Crippen LogP contribution in [0.2, 0.25) is 0 Å². The van der Waals surface area contributed by atoms with Crippen molar-refractivity contribution in [3.8, 4) is 0 Å². The molecule has 0 heterocycles. The molecule has 8 nitrogen and oxygen atoms in total. The molecule has 1 amide bonds. The van der Waals surface area contributed by atoms with E-state index in [1.54, 1.807) is 6.08 Å². The number of allylic oxidation sites excluding steroid dienone is 13. The lowest BCUT2D eigenvalue weighted by Gasteiger charge is -2.23. The predicted molar refractivity (Wildman–Crippen MR) is 207 cm³/mol. The van der Waals surface area contributed by atoms with Gasteiger partial charge in [0.05, 0.1) is 25.4 Å². The monoisotopic (exact) mass is 704 g/mol. The molecular formula is C40H69N2O6P. The highest BCUT2D eigenvalue weighted by Gasteiger charge is 2.26. The molecule has 0 rings (SSSR count). The summed E-state index contributed by atoms with van der Waals surface area (Å²) in [5.74, 6) is -0.226. The zero-order chi connectivity index (χ0) is 36.1. The lowest BCUT2D eigenvalue weighted by Crippen LogP contribution is -2.45. The summed E-state index contributed by atoms with van der Waals surface area (Å²) in [5, 5.41) is 13.5. The molecule has 3 unspecified atom stereocenters. The van der Waals surface area contributed by atoms with Gasteiger partial charge in [-0.1, -0.05) is 137 Å². The van der Waals surface area contributed by atoms with E-state index in [1.165, 1.54) is 19.3 Å². The minimum absolute atomic E-state index is 0.0667. The topological polar surface area (TPSA) is 131 Å². The van der Waals surface area contributed by atoms with E-state index >= 15 is 0 Å². The third-order valence-electron chi connectivity index (χ3n) is 7.44. The number of nitrogens with two attached hydrogens (primary N) is 1. The van der Waals surface area contributed by atoms with E-state index in [0.717, 1.165) is 89.9 Å². The molecule has 0 saturated heterocycles. The van der Waals surface area contributed by atoms with Crippen LogP contribution in [0.4, 0.5) is 0 Å². The van der Waals surface area contributed by atoms with Crippen molar-refractivity contribution < 1.29 is 28.4 Å². The highest BCUT2D eigenvalue weighted by molar-refractivity contribution is 7.47. The van der Waals surface area contributed by atoms with Gasteiger partial charge in [0, 0.05) is 13.0 Å². The van der Waals surface area contributed by atoms with Crippen LogP contribution in [0.5, 0.6) is 0 Å². The molecule has 0 fully saturated rings. The van der Waals surface area contributed by atoms with E-state index in [2.05, 4.69) is 92.1 Å². The predicted octanol–water partition coefficient (Wildman–Crippen LogP) is 9.88. The van der Waals surface area contributed by atoms with Crippen LogP contribution >= 0.6 is 7.82 Å². The Balaban J connectivity index is 4.16. The Labute approximate surface area is 299 Å². The highest BCUT2D eigenvalue weighted by atomic mass is 31.2. The van der Waals surface area contributed by atoms with Crippen LogP contribution < -0.4 is 11.1 Å². The maximum absolute atomic E-state index is 12.6. The van der Waals surface area contributed by atoms with Crippen molar-refractivity contribution in [1.82, 2.24) is 5.32 Å². The van der Waals surface area contributed by atoms with Crippen molar-refractivity contribution in [3.63, 3.8) is 0 Å². The van der Waals surface area contributed by atoms with Crippen LogP contribution in [0.25, 0.3) is 0 Å². The summed E-state index contributed by atoms with van der Waals surface area (Å²) in [4.78, 5) is 22.5. The molecule has 0 spiro atoms. The summed E-state index contributed by atoms with van der Waals surface area (Å²) >= 11 is 0. The Morgan fingerprint density at radius 3 is 1.80 bits per heavy atom. The number of hydrogen-bond acceptors (Lipinski definition) is 6. The molecule has 0 aliphatic rings. The molecule has 0 aromatic rings. The van der Waals surface area contributed by atoms with E-state index in [4.69, 9.17) is 14.8 Å². The first-order valence-electron chi connectivity index (χ1n) is 18.7. The first-order chi connectivity index (χ1) is 23.9. The molecule has 0 aliphatic carbocycles. The molecule has 0 aromatic carbocycles. The number of carbonyl (C=O) groups is 1. The average Bonchev–Trinajstić information content (AvgIpc) is 3.09. The summed E-state index contributed by atoms with van der Waals surface area (Å²) in [6.45, 7) is 3.84. The zero-order valence-electron chi connectivity index (χ0n) is 30.6. The van der Waals surface area contributed by atoms with Crippen molar-refractivity contribution in [1.29, 1.82) is 0 Å². The number of nitrogens with one attached hydrogen (secondary N) is 1. The maximum Gasteiger partial charge on any atom is 0.472 e. The third kappa shape index (κ3) is 33.9. The summed E-state index contributed by atoms with van der Waals surface area (Å²) in [6, 6.07) is -0.885. The van der Waals surface area contributed by atoms with Gasteiger partial charge in [0.2, 0.25) is 5.91 Å². The van der Waals surface area contributed by atoms with Gasteiger partial charge in [-0.05, 0) is 70.6 Å². The normalized spacial score (nSPS) is 15.3. The molecule has 49 heavy (non-hydrogen) atoms. The van der Waals surface area contributed by atoms with Gasteiger partial charge in [0.1, 0.15) is 0 Å². The van der Waals surface area contributed by atoms with E-state index in [-0.39, 0.29) is 25.7 Å². The number of unbranched alkanes of at least 4 members (excludes halogenated alkanes) is 9. The van der Waals surface area contributed by atoms with Crippen LogP contribution in [0, 0.1) is 0 Å². The first-order valence-corrected chi connectivity index (χ1v) is 20.2. The largest absolute Gasteiger partial charge is 0.472 e. The Morgan fingerprint density at radius 1 is 0.694 bits per heavy atom. The van der Waals surface area contributed by atoms with Crippen molar-refractivity contribution in [2.75, 3.05) is 19.8 Å². The highest BCUT2D eigenvalue weighted by Crippen LogP contribution is 2.43. The maximum atomic E-state index is 12.6. The van der Waals surface area contributed by atoms with Gasteiger partial charge in [-0.2, -0.15) is 0 Å². The van der Waals surface area contributed by atoms with Gasteiger partial charge >= 0.3 is 7.82 Å². The molecule has 0 saturated carbocycles. The van der Waals surface area contributed by atoms with E-state index in [9.17, 15) is 19.4 Å². The standard InChI is InChI=1S/C40H69N2O6P/c1-3-5-7-9-11-12-13-14-15-16-17-18-19-20-21-22-23-24-25-26-28-30-32-34-40(44)42-38(37-48-49(45,46)47-36-35-41)39(43)33-31-29-27-10-8-6-4-2/h5,7-8,10-12,14-15,17-18,20-21,31,33,38-39,43H,3-4,6,9,13,16,19,22-30,32,34-37,41H2,1-2H3,(H,42,44)(H,45,46)/b7-5-,10-8+,12-11-,15-14-,18-17-,21-20-,33-31+. The summed E-state index contributed by atoms with van der Waals surface area (Å²) in [5.41, 5.74) is 5.33. The lowest BCUT2D eigenvalue weighted by molar-refractivity contribution is -0.123. The van der Waals surface area contributed by atoms with Crippen molar-refractivity contribution >= 4 is 13.7 Å². The number of phosphoric acid groups is 1. The molecule has 0 aromatic heterocycles. The number of aliphatic hydroxyl groups is 1. The Hall–Kier alpha value is -2.32. The fourth-order valence-corrected chi connectivity index (χ4v) is 5.41. The lowest BCUT2D eigenvalue weighted by atomic mass is 10.1. The number of hydrogen-bond donors (Lipinski definition) is 4. The minimum atomic E-state index is -4.34. The summed E-state index contributed by atoms with van der Waals surface area (Å²) < 4.78 is 21.9. The summed E-state index contributed by atoms with van der Waals surface area (Å²) in [6.07, 6.45) is 46.6. The van der Waals surface area contributed by atoms with Crippen LogP contribution in [0.1, 0.15) is 129 Å². The molecule has 3 atom stereocenters. The third-order valence-corrected chi connectivity index (χ3v) is 8.42. The summed E-state index contributed by atoms with van der Waals surface area (Å²) in [7, 11) is -4.34. The molecule has 5 N–H and O–H groups in total. The molecular weight excluding hydrogens is 635 g/mol. The smallest absolute Gasteiger partial charge is 0.387 e. The quantitative estimate of drug-likeness (QED) is 0.0304. The fraction of sp³-hybridized carbons (Fsp3) is 0.625. The number of aliphatic hydroxyl groups excluding tert-OH is 1. The van der Waals surface area contributed by atoms with Gasteiger partial charge in [0.25, 0.3) is 0 Å². The molecule has 9 heteroatoms. The van der Waals surface area contributed by atoms with E-state index < -0.39 is 20.0 Å². The Kier molecular flexibility index (Phi) is 33.8. The van der Waals surface area contributed by atoms with Crippen molar-refractivity contribution in [2.45, 2.75) is 142 Å². The van der Waals surface area contributed by atoms with Crippen LogP contribution in [0.3, 0.4) is 0 Å². The minimum Gasteiger partial charge on any atom is -0.387 e. The number of phosphoric ester groups is 1. The second kappa shape index (κ2) is 35.5. The molecule has 0 bridgehead atoms. The second-order valence-electron chi connectivity index (χ2n) is 12.0. The Bertz CT molecular complexity index is 1030. The SMILES string of the molecule is CC/C=C\C/C=C\C/C=C\C/C=C\C/C=C\CCCCCCCCCC(=O)NC(COP(=O)(O)OCCN)C(O)/C=C/CC/C=C/CCC. The molecule has 0 aliphatic heterocycles. The van der Waals surface area contributed by atoms with Crippen LogP contribution in [0.15, 0.2) is 85.1 Å². The van der Waals surface area contributed by atoms with E-state index in [1.807, 2.05) is 6.08 Å². The van der Waals surface area contributed by atoms with Gasteiger partial charge in [-0.25, -0.2) is 4.57 Å². The second-order valence-corrected chi connectivity index (χ2v) is 13.5. The zero-order valence-corrected chi connectivity index (χ0v) is 31.5. The van der Waals surface area contributed by atoms with Crippen LogP contribution in [-0.2, 0) is 18.4 Å².